The molecule has 0 unspecified atom stereocenters. The number of nitrogens with one attached hydrogen (secondary N) is 1. The largest absolute Gasteiger partial charge is 0.421 e. The Bertz CT molecular complexity index is 846. The fraction of sp³-hybridized carbons (Fsp3) is 0.250. The molecule has 0 aliphatic rings. The number of nitrogens with zero attached hydrogens (tertiary/aromatic N) is 2. The Hall–Kier alpha value is -2.99. The zero-order valence-electron chi connectivity index (χ0n) is 14.6. The Morgan fingerprint density at radius 1 is 1.08 bits per heavy atom. The summed E-state index contributed by atoms with van der Waals surface area (Å²) in [5.74, 6) is 0.874. The number of carbonyl (C=O) groups is 1. The molecule has 0 fully saturated rings. The number of ether oxygens (including phenoxy) is 1. The third kappa shape index (κ3) is 5.00. The van der Waals surface area contributed by atoms with Crippen molar-refractivity contribution in [3.8, 4) is 11.5 Å². The number of benzene rings is 2. The van der Waals surface area contributed by atoms with Crippen LogP contribution in [0, 0.1) is 0 Å². The van der Waals surface area contributed by atoms with Crippen molar-refractivity contribution < 1.29 is 13.9 Å². The van der Waals surface area contributed by atoms with Gasteiger partial charge in [-0.05, 0) is 23.3 Å². The van der Waals surface area contributed by atoms with Gasteiger partial charge in [0.2, 0.25) is 17.7 Å². The summed E-state index contributed by atoms with van der Waals surface area (Å²) in [6.45, 7) is 1.04. The molecule has 0 aliphatic carbocycles. The number of hydrogen-bond donors (Lipinski definition) is 1. The first-order valence-electron chi connectivity index (χ1n) is 8.46. The molecule has 1 heterocycles. The molecule has 0 bridgehead atoms. The SMILES string of the molecule is COCc1cccc(CNC(=O)CCc2nnc(-c3ccccc3)o2)c1. The molecule has 3 aromatic rings. The van der Waals surface area contributed by atoms with Crippen LogP contribution in [0.3, 0.4) is 0 Å². The number of aryl methyl sites for hydroxylation is 1. The molecule has 0 spiro atoms. The van der Waals surface area contributed by atoms with Crippen molar-refractivity contribution in [2.24, 2.45) is 0 Å². The van der Waals surface area contributed by atoms with E-state index in [0.717, 1.165) is 16.7 Å². The quantitative estimate of drug-likeness (QED) is 0.675. The van der Waals surface area contributed by atoms with Crippen LogP contribution in [0.1, 0.15) is 23.4 Å². The van der Waals surface area contributed by atoms with Crippen LogP contribution in [0.25, 0.3) is 11.5 Å². The zero-order chi connectivity index (χ0) is 18.2. The average molecular weight is 351 g/mol. The van der Waals surface area contributed by atoms with Crippen LogP contribution < -0.4 is 5.32 Å². The molecule has 0 atom stereocenters. The van der Waals surface area contributed by atoms with Gasteiger partial charge in [0.05, 0.1) is 6.61 Å². The van der Waals surface area contributed by atoms with Gasteiger partial charge >= 0.3 is 0 Å². The van der Waals surface area contributed by atoms with E-state index in [-0.39, 0.29) is 5.91 Å². The van der Waals surface area contributed by atoms with Gasteiger partial charge in [0.1, 0.15) is 0 Å². The van der Waals surface area contributed by atoms with Crippen molar-refractivity contribution in [2.45, 2.75) is 26.0 Å². The van der Waals surface area contributed by atoms with E-state index in [0.29, 0.717) is 37.8 Å². The summed E-state index contributed by atoms with van der Waals surface area (Å²) in [5, 5.41) is 10.9. The molecular formula is C20H21N3O3. The van der Waals surface area contributed by atoms with Gasteiger partial charge in [0.15, 0.2) is 0 Å². The minimum absolute atomic E-state index is 0.0541. The Morgan fingerprint density at radius 2 is 1.88 bits per heavy atom. The van der Waals surface area contributed by atoms with Crippen LogP contribution >= 0.6 is 0 Å². The second kappa shape index (κ2) is 8.92. The summed E-state index contributed by atoms with van der Waals surface area (Å²) >= 11 is 0. The fourth-order valence-corrected chi connectivity index (χ4v) is 2.56. The van der Waals surface area contributed by atoms with Gasteiger partial charge < -0.3 is 14.5 Å². The first-order chi connectivity index (χ1) is 12.7. The van der Waals surface area contributed by atoms with Gasteiger partial charge in [0, 0.05) is 32.1 Å². The van der Waals surface area contributed by atoms with Gasteiger partial charge in [-0.3, -0.25) is 4.79 Å². The minimum atomic E-state index is -0.0541. The maximum absolute atomic E-state index is 12.1. The van der Waals surface area contributed by atoms with E-state index in [2.05, 4.69) is 15.5 Å². The topological polar surface area (TPSA) is 77.2 Å². The second-order valence-electron chi connectivity index (χ2n) is 5.90. The van der Waals surface area contributed by atoms with Crippen molar-refractivity contribution in [3.63, 3.8) is 0 Å². The molecule has 26 heavy (non-hydrogen) atoms. The van der Waals surface area contributed by atoms with E-state index in [4.69, 9.17) is 9.15 Å². The molecule has 1 amide bonds. The predicted octanol–water partition coefficient (Wildman–Crippen LogP) is 3.13. The Balaban J connectivity index is 1.47. The molecule has 134 valence electrons. The van der Waals surface area contributed by atoms with Crippen LogP contribution in [-0.4, -0.2) is 23.2 Å². The minimum Gasteiger partial charge on any atom is -0.421 e. The standard InChI is InChI=1S/C20H21N3O3/c1-25-14-16-7-5-6-15(12-16)13-21-18(24)10-11-19-22-23-20(26-19)17-8-3-2-4-9-17/h2-9,12H,10-11,13-14H2,1H3,(H,21,24). The lowest BCUT2D eigenvalue weighted by atomic mass is 10.1. The van der Waals surface area contributed by atoms with Crippen LogP contribution in [0.2, 0.25) is 0 Å². The first kappa shape index (κ1) is 17.8. The zero-order valence-corrected chi connectivity index (χ0v) is 14.6. The first-order valence-corrected chi connectivity index (χ1v) is 8.46. The predicted molar refractivity (Wildman–Crippen MR) is 97.1 cm³/mol. The number of carbonyl (C=O) groups excluding carboxylic acids is 1. The maximum Gasteiger partial charge on any atom is 0.247 e. The number of hydrogen-bond acceptors (Lipinski definition) is 5. The van der Waals surface area contributed by atoms with Gasteiger partial charge in [-0.25, -0.2) is 0 Å². The van der Waals surface area contributed by atoms with Gasteiger partial charge in [-0.15, -0.1) is 10.2 Å². The maximum atomic E-state index is 12.1. The van der Waals surface area contributed by atoms with E-state index < -0.39 is 0 Å². The highest BCUT2D eigenvalue weighted by Crippen LogP contribution is 2.17. The van der Waals surface area contributed by atoms with E-state index in [9.17, 15) is 4.79 Å². The van der Waals surface area contributed by atoms with Crippen molar-refractivity contribution in [1.29, 1.82) is 0 Å². The third-order valence-corrected chi connectivity index (χ3v) is 3.85. The molecule has 0 aliphatic heterocycles. The molecule has 3 rings (SSSR count). The lowest BCUT2D eigenvalue weighted by Crippen LogP contribution is -2.23. The highest BCUT2D eigenvalue weighted by atomic mass is 16.5. The molecule has 0 saturated carbocycles. The van der Waals surface area contributed by atoms with Gasteiger partial charge in [-0.2, -0.15) is 0 Å². The lowest BCUT2D eigenvalue weighted by molar-refractivity contribution is -0.121. The number of methoxy groups -OCH3 is 1. The highest BCUT2D eigenvalue weighted by molar-refractivity contribution is 5.76. The van der Waals surface area contributed by atoms with Crippen molar-refractivity contribution in [3.05, 3.63) is 71.6 Å². The van der Waals surface area contributed by atoms with Crippen LogP contribution in [0.5, 0.6) is 0 Å². The number of rotatable bonds is 8. The molecular weight excluding hydrogens is 330 g/mol. The molecule has 0 saturated heterocycles. The second-order valence-corrected chi connectivity index (χ2v) is 5.90. The summed E-state index contributed by atoms with van der Waals surface area (Å²) in [4.78, 5) is 12.1. The smallest absolute Gasteiger partial charge is 0.247 e. The number of aromatic nitrogens is 2. The number of amides is 1. The van der Waals surface area contributed by atoms with E-state index in [1.54, 1.807) is 7.11 Å². The molecule has 1 N–H and O–H groups in total. The Labute approximate surface area is 152 Å². The summed E-state index contributed by atoms with van der Waals surface area (Å²) in [6, 6.07) is 17.5. The molecule has 0 radical (unpaired) electrons. The Kier molecular flexibility index (Phi) is 6.11. The van der Waals surface area contributed by atoms with E-state index >= 15 is 0 Å². The summed E-state index contributed by atoms with van der Waals surface area (Å²) in [7, 11) is 1.66. The fourth-order valence-electron chi connectivity index (χ4n) is 2.56. The monoisotopic (exact) mass is 351 g/mol. The molecule has 6 heteroatoms. The van der Waals surface area contributed by atoms with Gasteiger partial charge in [-0.1, -0.05) is 42.5 Å². The van der Waals surface area contributed by atoms with Gasteiger partial charge in [0.25, 0.3) is 0 Å². The molecule has 1 aromatic heterocycles. The third-order valence-electron chi connectivity index (χ3n) is 3.85. The van der Waals surface area contributed by atoms with E-state index in [1.807, 2.05) is 54.6 Å². The van der Waals surface area contributed by atoms with E-state index in [1.165, 1.54) is 0 Å². The van der Waals surface area contributed by atoms with Crippen LogP contribution in [-0.2, 0) is 29.1 Å². The van der Waals surface area contributed by atoms with Crippen LogP contribution in [0.4, 0.5) is 0 Å². The molecule has 2 aromatic carbocycles. The van der Waals surface area contributed by atoms with Crippen LogP contribution in [0.15, 0.2) is 59.0 Å². The van der Waals surface area contributed by atoms with Crippen molar-refractivity contribution in [2.75, 3.05) is 7.11 Å². The van der Waals surface area contributed by atoms with Crippen molar-refractivity contribution in [1.82, 2.24) is 15.5 Å². The summed E-state index contributed by atoms with van der Waals surface area (Å²) < 4.78 is 10.7. The summed E-state index contributed by atoms with van der Waals surface area (Å²) in [5.41, 5.74) is 2.99. The highest BCUT2D eigenvalue weighted by Gasteiger charge is 2.10. The average Bonchev–Trinajstić information content (AvgIpc) is 3.15. The summed E-state index contributed by atoms with van der Waals surface area (Å²) in [6.07, 6.45) is 0.712. The normalized spacial score (nSPS) is 10.7. The Morgan fingerprint density at radius 3 is 2.69 bits per heavy atom. The molecule has 6 nitrogen and oxygen atoms in total. The lowest BCUT2D eigenvalue weighted by Gasteiger charge is -2.06. The van der Waals surface area contributed by atoms with Crippen molar-refractivity contribution >= 4 is 5.91 Å².